The summed E-state index contributed by atoms with van der Waals surface area (Å²) in [6.07, 6.45) is 0.997. The first-order valence-corrected chi connectivity index (χ1v) is 6.33. The number of allylic oxidation sites excluding steroid dienone is 1. The van der Waals surface area contributed by atoms with Gasteiger partial charge in [0.05, 0.1) is 12.4 Å². The summed E-state index contributed by atoms with van der Waals surface area (Å²) in [7, 11) is 0. The topological polar surface area (TPSA) is 16.4 Å². The highest BCUT2D eigenvalue weighted by molar-refractivity contribution is 5.63. The molecule has 6 heteroatoms. The average molecular weight is 293 g/mol. The zero-order valence-electron chi connectivity index (χ0n) is 10.9. The van der Waals surface area contributed by atoms with Gasteiger partial charge in [0, 0.05) is 12.1 Å². The van der Waals surface area contributed by atoms with Crippen LogP contribution in [0.25, 0.3) is 0 Å². The van der Waals surface area contributed by atoms with Crippen LogP contribution < -0.4 is 14.2 Å². The molecule has 2 aromatic rings. The first-order chi connectivity index (χ1) is 10.0. The van der Waals surface area contributed by atoms with Crippen LogP contribution in [-0.4, -0.2) is 6.36 Å². The van der Waals surface area contributed by atoms with Gasteiger partial charge in [-0.05, 0) is 24.3 Å². The monoisotopic (exact) mass is 293 g/mol. The summed E-state index contributed by atoms with van der Waals surface area (Å²) in [5, 5.41) is 0. The third kappa shape index (κ3) is 2.99. The molecule has 0 aliphatic carbocycles. The maximum Gasteiger partial charge on any atom is 0.573 e. The van der Waals surface area contributed by atoms with Gasteiger partial charge in [-0.2, -0.15) is 4.90 Å². The third-order valence-corrected chi connectivity index (χ3v) is 3.05. The van der Waals surface area contributed by atoms with E-state index in [1.54, 1.807) is 6.07 Å². The fourth-order valence-corrected chi connectivity index (χ4v) is 2.23. The molecule has 2 heterocycles. The van der Waals surface area contributed by atoms with Crippen molar-refractivity contribution in [3.8, 4) is 5.75 Å². The molecule has 0 radical (unpaired) electrons. The molecule has 0 bridgehead atoms. The highest BCUT2D eigenvalue weighted by atomic mass is 19.4. The summed E-state index contributed by atoms with van der Waals surface area (Å²) in [6, 6.07) is 11.6. The molecule has 1 aromatic heterocycles. The average Bonchev–Trinajstić information content (AvgIpc) is 2.45. The SMILES string of the molecule is FC(F)(F)Oc1cccc(N2C=CC[n+]3ccccc32)c1. The fourth-order valence-electron chi connectivity index (χ4n) is 2.23. The maximum absolute atomic E-state index is 12.3. The van der Waals surface area contributed by atoms with Gasteiger partial charge < -0.3 is 4.74 Å². The predicted molar refractivity (Wildman–Crippen MR) is 71.0 cm³/mol. The van der Waals surface area contributed by atoms with Gasteiger partial charge >= 0.3 is 6.36 Å². The number of fused-ring (bicyclic) bond motifs is 1. The van der Waals surface area contributed by atoms with Gasteiger partial charge in [0.2, 0.25) is 0 Å². The Morgan fingerprint density at radius 1 is 1.10 bits per heavy atom. The lowest BCUT2D eigenvalue weighted by atomic mass is 10.2. The van der Waals surface area contributed by atoms with Crippen LogP contribution in [0.1, 0.15) is 0 Å². The van der Waals surface area contributed by atoms with Crippen LogP contribution in [0.3, 0.4) is 0 Å². The zero-order valence-corrected chi connectivity index (χ0v) is 10.9. The Bertz CT molecular complexity index is 683. The summed E-state index contributed by atoms with van der Waals surface area (Å²) in [5.74, 6) is 0.644. The number of hydrogen-bond donors (Lipinski definition) is 0. The summed E-state index contributed by atoms with van der Waals surface area (Å²) in [4.78, 5) is 1.81. The second-order valence-electron chi connectivity index (χ2n) is 4.51. The Hall–Kier alpha value is -2.50. The van der Waals surface area contributed by atoms with Crippen LogP contribution in [0.4, 0.5) is 24.7 Å². The molecule has 0 atom stereocenters. The third-order valence-electron chi connectivity index (χ3n) is 3.05. The predicted octanol–water partition coefficient (Wildman–Crippen LogP) is 3.54. The van der Waals surface area contributed by atoms with Gasteiger partial charge in [-0.3, -0.25) is 0 Å². The standard InChI is InChI=1S/C15H12F3N2O/c16-15(17,18)21-13-6-3-5-12(11-13)20-10-4-9-19-8-2-1-7-14(19)20/h1-8,10-11H,9H2/q+1. The van der Waals surface area contributed by atoms with Gasteiger partial charge in [-0.1, -0.05) is 12.1 Å². The van der Waals surface area contributed by atoms with E-state index in [4.69, 9.17) is 0 Å². The molecule has 0 N–H and O–H groups in total. The van der Waals surface area contributed by atoms with Crippen molar-refractivity contribution in [3.63, 3.8) is 0 Å². The molecule has 0 unspecified atom stereocenters. The minimum Gasteiger partial charge on any atom is -0.406 e. The van der Waals surface area contributed by atoms with E-state index in [1.807, 2.05) is 46.1 Å². The quantitative estimate of drug-likeness (QED) is 0.787. The van der Waals surface area contributed by atoms with Crippen LogP contribution in [0.5, 0.6) is 5.75 Å². The molecule has 3 nitrogen and oxygen atoms in total. The zero-order chi connectivity index (χ0) is 14.9. The van der Waals surface area contributed by atoms with Crippen molar-refractivity contribution in [2.45, 2.75) is 12.9 Å². The Balaban J connectivity index is 1.96. The van der Waals surface area contributed by atoms with Crippen molar-refractivity contribution in [1.82, 2.24) is 0 Å². The van der Waals surface area contributed by atoms with E-state index in [2.05, 4.69) is 4.74 Å². The number of hydrogen-bond acceptors (Lipinski definition) is 2. The Morgan fingerprint density at radius 2 is 1.95 bits per heavy atom. The summed E-state index contributed by atoms with van der Waals surface area (Å²) in [5.41, 5.74) is 0.604. The van der Waals surface area contributed by atoms with Crippen molar-refractivity contribution in [2.24, 2.45) is 0 Å². The van der Waals surface area contributed by atoms with Gasteiger partial charge in [0.25, 0.3) is 5.82 Å². The van der Waals surface area contributed by atoms with E-state index in [0.29, 0.717) is 5.69 Å². The molecule has 0 spiro atoms. The molecule has 1 aliphatic heterocycles. The molecular formula is C15H12F3N2O+. The van der Waals surface area contributed by atoms with Gasteiger partial charge in [-0.25, -0.2) is 4.57 Å². The summed E-state index contributed by atoms with van der Waals surface area (Å²) in [6.45, 7) is 0.728. The van der Waals surface area contributed by atoms with Gasteiger partial charge in [-0.15, -0.1) is 13.2 Å². The number of nitrogens with zero attached hydrogens (tertiary/aromatic N) is 2. The normalized spacial score (nSPS) is 14.0. The van der Waals surface area contributed by atoms with E-state index in [9.17, 15) is 13.2 Å². The Labute approximate surface area is 119 Å². The molecule has 0 amide bonds. The van der Waals surface area contributed by atoms with Crippen LogP contribution >= 0.6 is 0 Å². The molecule has 0 fully saturated rings. The summed E-state index contributed by atoms with van der Waals surface area (Å²) < 4.78 is 42.9. The van der Waals surface area contributed by atoms with Gasteiger partial charge in [0.1, 0.15) is 18.0 Å². The lowest BCUT2D eigenvalue weighted by Gasteiger charge is -2.19. The minimum absolute atomic E-state index is 0.235. The number of halogens is 3. The lowest BCUT2D eigenvalue weighted by Crippen LogP contribution is -2.40. The Morgan fingerprint density at radius 3 is 2.76 bits per heavy atom. The number of benzene rings is 1. The van der Waals surface area contributed by atoms with Crippen LogP contribution in [0.15, 0.2) is 60.9 Å². The van der Waals surface area contributed by atoms with Crippen LogP contribution in [0.2, 0.25) is 0 Å². The smallest absolute Gasteiger partial charge is 0.406 e. The van der Waals surface area contributed by atoms with Crippen molar-refractivity contribution in [2.75, 3.05) is 4.90 Å². The van der Waals surface area contributed by atoms with Crippen molar-refractivity contribution in [3.05, 3.63) is 60.9 Å². The maximum atomic E-state index is 12.3. The fraction of sp³-hybridized carbons (Fsp3) is 0.133. The molecule has 0 saturated heterocycles. The molecule has 21 heavy (non-hydrogen) atoms. The second-order valence-corrected chi connectivity index (χ2v) is 4.51. The first kappa shape index (κ1) is 13.5. The minimum atomic E-state index is -4.69. The molecule has 0 saturated carbocycles. The molecule has 108 valence electrons. The molecular weight excluding hydrogens is 281 g/mol. The highest BCUT2D eigenvalue weighted by Crippen LogP contribution is 2.30. The van der Waals surface area contributed by atoms with E-state index >= 15 is 0 Å². The van der Waals surface area contributed by atoms with E-state index in [0.717, 1.165) is 12.4 Å². The van der Waals surface area contributed by atoms with Crippen molar-refractivity contribution in [1.29, 1.82) is 0 Å². The first-order valence-electron chi connectivity index (χ1n) is 6.33. The summed E-state index contributed by atoms with van der Waals surface area (Å²) >= 11 is 0. The Kier molecular flexibility index (Phi) is 3.29. The van der Waals surface area contributed by atoms with Crippen LogP contribution in [-0.2, 0) is 6.54 Å². The van der Waals surface area contributed by atoms with Crippen molar-refractivity contribution < 1.29 is 22.5 Å². The number of aromatic nitrogens is 1. The molecule has 3 rings (SSSR count). The molecule has 1 aliphatic rings. The second kappa shape index (κ2) is 5.12. The number of anilines is 2. The van der Waals surface area contributed by atoms with E-state index < -0.39 is 6.36 Å². The van der Waals surface area contributed by atoms with Crippen LogP contribution in [0, 0.1) is 0 Å². The molecule has 1 aromatic carbocycles. The van der Waals surface area contributed by atoms with Gasteiger partial charge in [0.15, 0.2) is 0 Å². The van der Waals surface area contributed by atoms with E-state index in [1.165, 1.54) is 18.2 Å². The highest BCUT2D eigenvalue weighted by Gasteiger charge is 2.31. The number of rotatable bonds is 2. The van der Waals surface area contributed by atoms with Crippen molar-refractivity contribution >= 4 is 11.5 Å². The number of pyridine rings is 1. The lowest BCUT2D eigenvalue weighted by molar-refractivity contribution is -0.675. The largest absolute Gasteiger partial charge is 0.573 e. The number of ether oxygens (including phenoxy) is 1. The number of alkyl halides is 3. The van der Waals surface area contributed by atoms with E-state index in [-0.39, 0.29) is 5.75 Å².